The van der Waals surface area contributed by atoms with E-state index >= 15 is 0 Å². The molecule has 2 heterocycles. The van der Waals surface area contributed by atoms with E-state index < -0.39 is 0 Å². The van der Waals surface area contributed by atoms with Crippen molar-refractivity contribution in [1.82, 2.24) is 4.98 Å². The van der Waals surface area contributed by atoms with E-state index in [4.69, 9.17) is 10.5 Å². The van der Waals surface area contributed by atoms with Crippen molar-refractivity contribution in [2.45, 2.75) is 6.61 Å². The lowest BCUT2D eigenvalue weighted by Crippen LogP contribution is -1.92. The molecule has 3 rings (SSSR count). The standard InChI is InChI=1S/C14H12N2OS/c15-11-4-3-10-6-13(18-14(10)7-11)9-17-12-2-1-5-16-8-12/h1-8H,9,15H2. The molecule has 0 aliphatic rings. The predicted octanol–water partition coefficient (Wildman–Crippen LogP) is 3.46. The minimum Gasteiger partial charge on any atom is -0.486 e. The van der Waals surface area contributed by atoms with Crippen molar-refractivity contribution in [2.24, 2.45) is 0 Å². The number of thiophene rings is 1. The second-order valence-corrected chi connectivity index (χ2v) is 5.16. The highest BCUT2D eigenvalue weighted by Crippen LogP contribution is 2.28. The molecular formula is C14H12N2OS. The fourth-order valence-electron chi connectivity index (χ4n) is 1.76. The number of hydrogen-bond acceptors (Lipinski definition) is 4. The number of anilines is 1. The summed E-state index contributed by atoms with van der Waals surface area (Å²) in [7, 11) is 0. The Labute approximate surface area is 109 Å². The number of nitrogens with two attached hydrogens (primary N) is 1. The van der Waals surface area contributed by atoms with Gasteiger partial charge in [0.25, 0.3) is 0 Å². The van der Waals surface area contributed by atoms with Crippen LogP contribution in [0.5, 0.6) is 5.75 Å². The minimum atomic E-state index is 0.560. The van der Waals surface area contributed by atoms with Gasteiger partial charge >= 0.3 is 0 Å². The Bertz CT molecular complexity index is 664. The summed E-state index contributed by atoms with van der Waals surface area (Å²) in [6.45, 7) is 0.560. The van der Waals surface area contributed by atoms with Gasteiger partial charge in [0.05, 0.1) is 6.20 Å². The highest BCUT2D eigenvalue weighted by molar-refractivity contribution is 7.19. The van der Waals surface area contributed by atoms with Gasteiger partial charge in [-0.2, -0.15) is 0 Å². The van der Waals surface area contributed by atoms with E-state index in [1.165, 1.54) is 15.0 Å². The molecule has 18 heavy (non-hydrogen) atoms. The highest BCUT2D eigenvalue weighted by Gasteiger charge is 2.03. The molecule has 0 radical (unpaired) electrons. The van der Waals surface area contributed by atoms with Gasteiger partial charge in [0.15, 0.2) is 0 Å². The summed E-state index contributed by atoms with van der Waals surface area (Å²) in [6.07, 6.45) is 3.44. The lowest BCUT2D eigenvalue weighted by Gasteiger charge is -2.02. The lowest BCUT2D eigenvalue weighted by atomic mass is 10.2. The van der Waals surface area contributed by atoms with Crippen molar-refractivity contribution < 1.29 is 4.74 Å². The molecule has 2 N–H and O–H groups in total. The first-order valence-electron chi connectivity index (χ1n) is 5.62. The smallest absolute Gasteiger partial charge is 0.138 e. The zero-order valence-electron chi connectivity index (χ0n) is 9.67. The zero-order chi connectivity index (χ0) is 12.4. The molecule has 0 bridgehead atoms. The summed E-state index contributed by atoms with van der Waals surface area (Å²) < 4.78 is 6.86. The molecule has 0 unspecified atom stereocenters. The summed E-state index contributed by atoms with van der Waals surface area (Å²) in [5, 5.41) is 1.21. The van der Waals surface area contributed by atoms with E-state index in [1.807, 2.05) is 30.3 Å². The van der Waals surface area contributed by atoms with Crippen LogP contribution in [0.3, 0.4) is 0 Å². The van der Waals surface area contributed by atoms with Gasteiger partial charge in [0.2, 0.25) is 0 Å². The number of pyridine rings is 1. The molecule has 0 atom stereocenters. The molecule has 90 valence electrons. The Morgan fingerprint density at radius 1 is 1.22 bits per heavy atom. The number of rotatable bonds is 3. The summed E-state index contributed by atoms with van der Waals surface area (Å²) in [4.78, 5) is 5.19. The Hall–Kier alpha value is -2.07. The molecule has 0 aliphatic heterocycles. The van der Waals surface area contributed by atoms with Gasteiger partial charge in [-0.1, -0.05) is 6.07 Å². The minimum absolute atomic E-state index is 0.560. The van der Waals surface area contributed by atoms with Crippen LogP contribution >= 0.6 is 11.3 Å². The summed E-state index contributed by atoms with van der Waals surface area (Å²) >= 11 is 1.71. The third-order valence-corrected chi connectivity index (χ3v) is 3.68. The van der Waals surface area contributed by atoms with Crippen molar-refractivity contribution >= 4 is 27.1 Å². The van der Waals surface area contributed by atoms with E-state index in [0.29, 0.717) is 6.61 Å². The van der Waals surface area contributed by atoms with Crippen molar-refractivity contribution in [3.8, 4) is 5.75 Å². The van der Waals surface area contributed by atoms with E-state index in [1.54, 1.807) is 23.7 Å². The second kappa shape index (κ2) is 4.66. The molecule has 0 saturated carbocycles. The molecule has 0 amide bonds. The van der Waals surface area contributed by atoms with Crippen LogP contribution in [0.15, 0.2) is 48.8 Å². The molecule has 3 aromatic rings. The summed E-state index contributed by atoms with van der Waals surface area (Å²) in [5.41, 5.74) is 6.56. The van der Waals surface area contributed by atoms with E-state index in [9.17, 15) is 0 Å². The third kappa shape index (κ3) is 2.28. The monoisotopic (exact) mass is 256 g/mol. The van der Waals surface area contributed by atoms with Gasteiger partial charge in [0, 0.05) is 21.5 Å². The first kappa shape index (κ1) is 11.0. The number of fused-ring (bicyclic) bond motifs is 1. The second-order valence-electron chi connectivity index (χ2n) is 3.99. The number of hydrogen-bond donors (Lipinski definition) is 1. The number of aromatic nitrogens is 1. The van der Waals surface area contributed by atoms with Crippen molar-refractivity contribution in [1.29, 1.82) is 0 Å². The molecule has 0 aliphatic carbocycles. The summed E-state index contributed by atoms with van der Waals surface area (Å²) in [6, 6.07) is 11.8. The summed E-state index contributed by atoms with van der Waals surface area (Å²) in [5.74, 6) is 0.787. The van der Waals surface area contributed by atoms with Gasteiger partial charge in [0.1, 0.15) is 12.4 Å². The van der Waals surface area contributed by atoms with Crippen molar-refractivity contribution in [3.05, 3.63) is 53.7 Å². The van der Waals surface area contributed by atoms with Gasteiger partial charge in [-0.05, 0) is 35.7 Å². The van der Waals surface area contributed by atoms with Gasteiger partial charge < -0.3 is 10.5 Å². The molecule has 0 saturated heterocycles. The highest BCUT2D eigenvalue weighted by atomic mass is 32.1. The maximum Gasteiger partial charge on any atom is 0.138 e. The van der Waals surface area contributed by atoms with Crippen LogP contribution in [0.4, 0.5) is 5.69 Å². The van der Waals surface area contributed by atoms with Crippen LogP contribution in [-0.4, -0.2) is 4.98 Å². The van der Waals surface area contributed by atoms with Crippen LogP contribution in [0.2, 0.25) is 0 Å². The average Bonchev–Trinajstić information content (AvgIpc) is 2.79. The first-order valence-corrected chi connectivity index (χ1v) is 6.44. The predicted molar refractivity (Wildman–Crippen MR) is 74.8 cm³/mol. The van der Waals surface area contributed by atoms with Crippen LogP contribution < -0.4 is 10.5 Å². The molecule has 0 fully saturated rings. The maximum absolute atomic E-state index is 5.77. The average molecular weight is 256 g/mol. The number of ether oxygens (including phenoxy) is 1. The van der Waals surface area contributed by atoms with E-state index in [2.05, 4.69) is 11.1 Å². The quantitative estimate of drug-likeness (QED) is 0.730. The van der Waals surface area contributed by atoms with Crippen LogP contribution in [-0.2, 0) is 6.61 Å². The first-order chi connectivity index (χ1) is 8.81. The van der Waals surface area contributed by atoms with E-state index in [0.717, 1.165) is 11.4 Å². The van der Waals surface area contributed by atoms with Gasteiger partial charge in [-0.25, -0.2) is 0 Å². The largest absolute Gasteiger partial charge is 0.486 e. The molecule has 2 aromatic heterocycles. The van der Waals surface area contributed by atoms with Crippen LogP contribution in [0, 0.1) is 0 Å². The number of nitrogens with zero attached hydrogens (tertiary/aromatic N) is 1. The van der Waals surface area contributed by atoms with Crippen LogP contribution in [0.1, 0.15) is 4.88 Å². The molecule has 1 aromatic carbocycles. The third-order valence-electron chi connectivity index (χ3n) is 2.61. The van der Waals surface area contributed by atoms with Crippen molar-refractivity contribution in [2.75, 3.05) is 5.73 Å². The molecule has 4 heteroatoms. The number of benzene rings is 1. The Balaban J connectivity index is 1.79. The van der Waals surface area contributed by atoms with Gasteiger partial charge in [-0.3, -0.25) is 4.98 Å². The Kier molecular flexibility index (Phi) is 2.86. The van der Waals surface area contributed by atoms with Crippen molar-refractivity contribution in [3.63, 3.8) is 0 Å². The zero-order valence-corrected chi connectivity index (χ0v) is 10.5. The molecular weight excluding hydrogens is 244 g/mol. The Morgan fingerprint density at radius 2 is 2.17 bits per heavy atom. The molecule has 0 spiro atoms. The fourth-order valence-corrected chi connectivity index (χ4v) is 2.79. The Morgan fingerprint density at radius 3 is 3.00 bits per heavy atom. The fraction of sp³-hybridized carbons (Fsp3) is 0.0714. The number of nitrogen functional groups attached to an aromatic ring is 1. The molecule has 3 nitrogen and oxygen atoms in total. The van der Waals surface area contributed by atoms with Crippen LogP contribution in [0.25, 0.3) is 10.1 Å². The maximum atomic E-state index is 5.77. The SMILES string of the molecule is Nc1ccc2cc(COc3cccnc3)sc2c1. The topological polar surface area (TPSA) is 48.1 Å². The lowest BCUT2D eigenvalue weighted by molar-refractivity contribution is 0.308. The van der Waals surface area contributed by atoms with Gasteiger partial charge in [-0.15, -0.1) is 11.3 Å². The van der Waals surface area contributed by atoms with E-state index in [-0.39, 0.29) is 0 Å². The normalized spacial score (nSPS) is 10.7.